The number of imidazole rings is 2. The molecular weight excluding hydrogens is 701 g/mol. The summed E-state index contributed by atoms with van der Waals surface area (Å²) in [4.78, 5) is 25.0. The zero-order chi connectivity index (χ0) is 33.3. The third-order valence-corrected chi connectivity index (χ3v) is 11.9. The molecule has 10 atom stereocenters. The summed E-state index contributed by atoms with van der Waals surface area (Å²) in [6.07, 6.45) is -2.06. The van der Waals surface area contributed by atoms with Gasteiger partial charge in [0.15, 0.2) is 35.3 Å². The van der Waals surface area contributed by atoms with Gasteiger partial charge >= 0.3 is 13.6 Å². The molecule has 3 fully saturated rings. The number of anilines is 2. The van der Waals surface area contributed by atoms with Gasteiger partial charge in [0.05, 0.1) is 25.9 Å². The van der Waals surface area contributed by atoms with E-state index < -0.39 is 75.3 Å². The molecule has 23 heteroatoms. The minimum Gasteiger partial charge on any atom is -0.382 e. The molecule has 0 radical (unpaired) electrons. The average Bonchev–Trinajstić information content (AvgIpc) is 3.79. The average molecular weight is 733 g/mol. The van der Waals surface area contributed by atoms with Gasteiger partial charge in [0.25, 0.3) is 0 Å². The number of halogens is 1. The Morgan fingerprint density at radius 3 is 2.11 bits per heavy atom. The normalized spacial score (nSPS) is 38.2. The standard InChI is InChI=1S/C24H31FN10O8P2S2/c1-3-11-17-24(4-2,41-22(11)34-9-32-14-18(26)28-7-30-20(14)34)6-39-45(37,47)42-16-13(25)12(5-38-44(36,46)43-17)40-23(16)35-10-33-15-19(27)29-8-31-21(15)35/h7-13,16-17,22-23H,3-6H2,1-2H3,(H,36,46)(H,37,47)(H2,26,28,30)(H2,27,29,31)/t11-,12-,13+,16-,17+,22-,23-,24-,44?,45-/m1/s1. The van der Waals surface area contributed by atoms with E-state index in [-0.39, 0.29) is 29.2 Å². The number of ether oxygens (including phenoxy) is 2. The number of hydrogen-bond acceptors (Lipinski definition) is 16. The Hall–Kier alpha value is -2.45. The van der Waals surface area contributed by atoms with Crippen LogP contribution in [0.3, 0.4) is 0 Å². The fraction of sp³-hybridized carbons (Fsp3) is 0.583. The maximum atomic E-state index is 16.1. The summed E-state index contributed by atoms with van der Waals surface area (Å²) in [6, 6.07) is 0. The molecule has 3 aliphatic rings. The van der Waals surface area contributed by atoms with E-state index in [1.165, 1.54) is 29.9 Å². The van der Waals surface area contributed by atoms with Crippen LogP contribution in [0.1, 0.15) is 39.1 Å². The molecule has 7 heterocycles. The van der Waals surface area contributed by atoms with Crippen LogP contribution in [-0.4, -0.2) is 82.3 Å². The molecule has 18 nitrogen and oxygen atoms in total. The van der Waals surface area contributed by atoms with Gasteiger partial charge in [-0.1, -0.05) is 38.3 Å². The first-order valence-corrected chi connectivity index (χ1v) is 19.9. The van der Waals surface area contributed by atoms with Gasteiger partial charge in [0.1, 0.15) is 53.8 Å². The summed E-state index contributed by atoms with van der Waals surface area (Å²) in [5.74, 6) is -0.260. The number of nitrogen functional groups attached to an aromatic ring is 2. The van der Waals surface area contributed by atoms with Gasteiger partial charge in [0.2, 0.25) is 0 Å². The van der Waals surface area contributed by atoms with Gasteiger partial charge in [0, 0.05) is 5.92 Å². The zero-order valence-corrected chi connectivity index (χ0v) is 28.4. The van der Waals surface area contributed by atoms with Crippen LogP contribution in [0.25, 0.3) is 22.3 Å². The first kappa shape index (κ1) is 33.1. The monoisotopic (exact) mass is 732 g/mol. The Kier molecular flexibility index (Phi) is 8.55. The van der Waals surface area contributed by atoms with Crippen molar-refractivity contribution < 1.29 is 41.1 Å². The molecule has 4 aromatic heterocycles. The Labute approximate surface area is 276 Å². The number of nitrogens with zero attached hydrogens (tertiary/aromatic N) is 8. The van der Waals surface area contributed by atoms with E-state index in [9.17, 15) is 9.13 Å². The second kappa shape index (κ2) is 12.2. The number of thiol groups is 2. The number of alkyl halides is 1. The molecule has 4 aromatic rings. The second-order valence-corrected chi connectivity index (χ2v) is 17.0. The van der Waals surface area contributed by atoms with E-state index in [0.717, 1.165) is 0 Å². The molecule has 0 spiro atoms. The van der Waals surface area contributed by atoms with Crippen LogP contribution >= 0.6 is 38.1 Å². The molecule has 7 rings (SSSR count). The molecule has 0 amide bonds. The highest BCUT2D eigenvalue weighted by molar-refractivity contribution is 8.44. The van der Waals surface area contributed by atoms with Crippen LogP contribution in [0.4, 0.5) is 16.0 Å². The van der Waals surface area contributed by atoms with Crippen molar-refractivity contribution in [3.8, 4) is 0 Å². The van der Waals surface area contributed by atoms with Crippen molar-refractivity contribution in [1.82, 2.24) is 39.0 Å². The van der Waals surface area contributed by atoms with Crippen LogP contribution in [0.5, 0.6) is 0 Å². The summed E-state index contributed by atoms with van der Waals surface area (Å²) in [6.45, 7) is -5.96. The van der Waals surface area contributed by atoms with E-state index in [1.807, 2.05) is 6.92 Å². The predicted molar refractivity (Wildman–Crippen MR) is 170 cm³/mol. The van der Waals surface area contributed by atoms with Crippen LogP contribution in [0, 0.1) is 5.92 Å². The third-order valence-electron chi connectivity index (χ3n) is 8.66. The summed E-state index contributed by atoms with van der Waals surface area (Å²) in [5, 5.41) is 0. The maximum absolute atomic E-state index is 16.1. The van der Waals surface area contributed by atoms with Crippen molar-refractivity contribution in [2.75, 3.05) is 24.7 Å². The first-order chi connectivity index (χ1) is 22.4. The lowest BCUT2D eigenvalue weighted by molar-refractivity contribution is -0.123. The Bertz CT molecular complexity index is 1920. The fourth-order valence-corrected chi connectivity index (χ4v) is 9.29. The van der Waals surface area contributed by atoms with E-state index >= 15 is 4.39 Å². The topological polar surface area (TPSA) is 229 Å². The molecule has 4 N–H and O–H groups in total. The van der Waals surface area contributed by atoms with Gasteiger partial charge in [-0.05, 0) is 12.8 Å². The SMILES string of the molecule is CC[C@H]1[C@H](n2cnc3c(N)ncnc32)O[C@]2(CC)CO[P@@](=O)(S)O[C@@H]3[C@@H](F)[C@@H](COP(=O)(S)O[C@@H]12)O[C@H]3n1cnc2c(N)ncnc21. The minimum absolute atomic E-state index is 0.0821. The molecule has 3 aliphatic heterocycles. The predicted octanol–water partition coefficient (Wildman–Crippen LogP) is 3.66. The third kappa shape index (κ3) is 5.73. The van der Waals surface area contributed by atoms with E-state index in [2.05, 4.69) is 54.4 Å². The number of hydrogen-bond donors (Lipinski definition) is 4. The zero-order valence-electron chi connectivity index (χ0n) is 24.8. The lowest BCUT2D eigenvalue weighted by Gasteiger charge is -2.35. The first-order valence-electron chi connectivity index (χ1n) is 14.5. The quantitative estimate of drug-likeness (QED) is 0.173. The summed E-state index contributed by atoms with van der Waals surface area (Å²) in [5.41, 5.74) is 11.7. The molecule has 0 aromatic carbocycles. The Morgan fingerprint density at radius 2 is 1.51 bits per heavy atom. The van der Waals surface area contributed by atoms with Crippen molar-refractivity contribution in [1.29, 1.82) is 0 Å². The molecule has 254 valence electrons. The smallest absolute Gasteiger partial charge is 0.382 e. The van der Waals surface area contributed by atoms with Gasteiger partial charge in [-0.3, -0.25) is 27.2 Å². The second-order valence-electron chi connectivity index (χ2n) is 11.3. The summed E-state index contributed by atoms with van der Waals surface area (Å²) < 4.78 is 82.8. The molecule has 47 heavy (non-hydrogen) atoms. The lowest BCUT2D eigenvalue weighted by atomic mass is 9.87. The van der Waals surface area contributed by atoms with E-state index in [1.54, 1.807) is 11.5 Å². The fourth-order valence-electron chi connectivity index (χ4n) is 6.29. The van der Waals surface area contributed by atoms with Crippen molar-refractivity contribution in [3.63, 3.8) is 0 Å². The number of fused-ring (bicyclic) bond motifs is 5. The highest BCUT2D eigenvalue weighted by atomic mass is 32.7. The van der Waals surface area contributed by atoms with Gasteiger partial charge in [-0.25, -0.2) is 43.4 Å². The molecule has 1 unspecified atom stereocenters. The molecule has 2 bridgehead atoms. The van der Waals surface area contributed by atoms with Crippen LogP contribution in [-0.2, 0) is 36.7 Å². The van der Waals surface area contributed by atoms with Gasteiger partial charge in [-0.15, -0.1) is 0 Å². The largest absolute Gasteiger partial charge is 0.386 e. The summed E-state index contributed by atoms with van der Waals surface area (Å²) >= 11 is 8.46. The lowest BCUT2D eigenvalue weighted by Crippen LogP contribution is -2.46. The molecular formula is C24H31FN10O8P2S2. The van der Waals surface area contributed by atoms with Crippen molar-refractivity contribution >= 4 is 72.1 Å². The maximum Gasteiger partial charge on any atom is 0.386 e. The molecule has 3 saturated heterocycles. The van der Waals surface area contributed by atoms with Crippen LogP contribution in [0.2, 0.25) is 0 Å². The number of aromatic nitrogens is 8. The van der Waals surface area contributed by atoms with E-state index in [4.69, 9.17) is 39.0 Å². The van der Waals surface area contributed by atoms with E-state index in [0.29, 0.717) is 17.6 Å². The molecule has 0 saturated carbocycles. The number of rotatable bonds is 4. The highest BCUT2D eigenvalue weighted by Gasteiger charge is 2.59. The van der Waals surface area contributed by atoms with Crippen molar-refractivity contribution in [3.05, 3.63) is 25.3 Å². The van der Waals surface area contributed by atoms with Crippen LogP contribution in [0.15, 0.2) is 25.3 Å². The highest BCUT2D eigenvalue weighted by Crippen LogP contribution is 2.63. The van der Waals surface area contributed by atoms with Crippen LogP contribution < -0.4 is 11.5 Å². The minimum atomic E-state index is -4.37. The van der Waals surface area contributed by atoms with Gasteiger partial charge < -0.3 is 20.9 Å². The van der Waals surface area contributed by atoms with Crippen molar-refractivity contribution in [2.45, 2.75) is 69.2 Å². The van der Waals surface area contributed by atoms with Gasteiger partial charge in [-0.2, -0.15) is 0 Å². The van der Waals surface area contributed by atoms with Crippen molar-refractivity contribution in [2.24, 2.45) is 5.92 Å². The Morgan fingerprint density at radius 1 is 0.915 bits per heavy atom. The summed E-state index contributed by atoms with van der Waals surface area (Å²) in [7, 11) is 0. The number of nitrogens with two attached hydrogens (primary N) is 2. The Balaban J connectivity index is 1.26. The molecule has 0 aliphatic carbocycles.